The summed E-state index contributed by atoms with van der Waals surface area (Å²) >= 11 is 1.78. The third-order valence-corrected chi connectivity index (χ3v) is 7.39. The molecule has 1 aliphatic rings. The van der Waals surface area contributed by atoms with Crippen molar-refractivity contribution in [3.05, 3.63) is 94.1 Å². The Kier molecular flexibility index (Phi) is 6.24. The van der Waals surface area contributed by atoms with Crippen LogP contribution < -0.4 is 0 Å². The van der Waals surface area contributed by atoms with Gasteiger partial charge in [0.15, 0.2) is 0 Å². The molecule has 2 heterocycles. The Morgan fingerprint density at radius 2 is 1.91 bits per heavy atom. The van der Waals surface area contributed by atoms with E-state index in [0.717, 1.165) is 46.8 Å². The molecule has 0 saturated heterocycles. The predicted octanol–water partition coefficient (Wildman–Crippen LogP) is 6.39. The van der Waals surface area contributed by atoms with E-state index in [1.807, 2.05) is 35.0 Å². The summed E-state index contributed by atoms with van der Waals surface area (Å²) in [6.07, 6.45) is 7.40. The van der Waals surface area contributed by atoms with Gasteiger partial charge in [0, 0.05) is 28.7 Å². The lowest BCUT2D eigenvalue weighted by Gasteiger charge is -2.10. The Balaban J connectivity index is 1.33. The highest BCUT2D eigenvalue weighted by atomic mass is 32.1. The molecule has 34 heavy (non-hydrogen) atoms. The number of fused-ring (bicyclic) bond motifs is 1. The first kappa shape index (κ1) is 22.4. The van der Waals surface area contributed by atoms with Gasteiger partial charge in [-0.05, 0) is 74.1 Å². The molecule has 0 amide bonds. The van der Waals surface area contributed by atoms with Gasteiger partial charge in [0.05, 0.1) is 22.8 Å². The van der Waals surface area contributed by atoms with E-state index >= 15 is 0 Å². The number of thiazole rings is 1. The summed E-state index contributed by atoms with van der Waals surface area (Å²) in [7, 11) is 0. The highest BCUT2D eigenvalue weighted by Crippen LogP contribution is 2.33. The molecule has 0 aliphatic heterocycles. The lowest BCUT2D eigenvalue weighted by molar-refractivity contribution is -0.118. The minimum Gasteiger partial charge on any atom is -0.303 e. The molecule has 4 nitrogen and oxygen atoms in total. The normalized spacial score (nSPS) is 14.8. The van der Waals surface area contributed by atoms with E-state index in [1.165, 1.54) is 22.7 Å². The number of ketones is 1. The van der Waals surface area contributed by atoms with Crippen LogP contribution in [0.1, 0.15) is 39.8 Å². The number of aryl methyl sites for hydroxylation is 1. The molecule has 1 atom stereocenters. The van der Waals surface area contributed by atoms with Crippen LogP contribution in [0.5, 0.6) is 0 Å². The van der Waals surface area contributed by atoms with Crippen molar-refractivity contribution < 1.29 is 9.18 Å². The first-order chi connectivity index (χ1) is 16.5. The largest absolute Gasteiger partial charge is 0.303 e. The molecule has 0 fully saturated rings. The molecule has 0 saturated carbocycles. The number of hydrogen-bond acceptors (Lipinski definition) is 4. The number of hydrogen-bond donors (Lipinski definition) is 0. The number of carbonyl (C=O) groups is 1. The van der Waals surface area contributed by atoms with Crippen LogP contribution in [0.15, 0.2) is 61.3 Å². The van der Waals surface area contributed by atoms with Gasteiger partial charge in [-0.25, -0.2) is 14.4 Å². The van der Waals surface area contributed by atoms with Crippen molar-refractivity contribution in [2.75, 3.05) is 0 Å². The quantitative estimate of drug-likeness (QED) is 0.299. The Morgan fingerprint density at radius 3 is 2.62 bits per heavy atom. The van der Waals surface area contributed by atoms with E-state index in [9.17, 15) is 9.18 Å². The minimum absolute atomic E-state index is 0.180. The molecule has 5 rings (SSSR count). The molecule has 1 unspecified atom stereocenters. The van der Waals surface area contributed by atoms with E-state index in [4.69, 9.17) is 4.98 Å². The zero-order valence-corrected chi connectivity index (χ0v) is 19.9. The molecule has 0 bridgehead atoms. The van der Waals surface area contributed by atoms with Crippen molar-refractivity contribution in [2.24, 2.45) is 5.92 Å². The number of halogens is 1. The number of benzene rings is 2. The summed E-state index contributed by atoms with van der Waals surface area (Å²) in [6, 6.07) is 14.2. The number of carbonyl (C=O) groups excluding carboxylic acids is 1. The van der Waals surface area contributed by atoms with Gasteiger partial charge in [0.2, 0.25) is 0 Å². The minimum atomic E-state index is -0.287. The van der Waals surface area contributed by atoms with Gasteiger partial charge < -0.3 is 4.57 Å². The number of nitrogens with zero attached hydrogens (tertiary/aromatic N) is 3. The summed E-state index contributed by atoms with van der Waals surface area (Å²) in [5.41, 5.74) is 4.71. The van der Waals surface area contributed by atoms with E-state index in [1.54, 1.807) is 29.5 Å². The summed E-state index contributed by atoms with van der Waals surface area (Å²) < 4.78 is 15.4. The fourth-order valence-electron chi connectivity index (χ4n) is 4.57. The van der Waals surface area contributed by atoms with Crippen molar-refractivity contribution in [1.29, 1.82) is 0 Å². The summed E-state index contributed by atoms with van der Waals surface area (Å²) in [5.74, 6) is 1.09. The van der Waals surface area contributed by atoms with Gasteiger partial charge in [0.25, 0.3) is 0 Å². The fourth-order valence-corrected chi connectivity index (χ4v) is 5.65. The molecular weight excluding hydrogens is 445 g/mol. The summed E-state index contributed by atoms with van der Waals surface area (Å²) in [5, 5.41) is 1.13. The number of Topliss-reactive ketones (excluding diaryl/α,β-unsaturated/α-hetero) is 1. The van der Waals surface area contributed by atoms with Crippen molar-refractivity contribution in [3.63, 3.8) is 0 Å². The number of aromatic nitrogens is 3. The predicted molar refractivity (Wildman–Crippen MR) is 135 cm³/mol. The molecule has 2 aromatic heterocycles. The second kappa shape index (κ2) is 9.47. The van der Waals surface area contributed by atoms with Gasteiger partial charge in [-0.3, -0.25) is 4.79 Å². The van der Waals surface area contributed by atoms with Crippen LogP contribution in [0.3, 0.4) is 0 Å². The fraction of sp³-hybridized carbons (Fsp3) is 0.250. The van der Waals surface area contributed by atoms with Crippen molar-refractivity contribution in [2.45, 2.75) is 39.0 Å². The number of rotatable bonds is 8. The monoisotopic (exact) mass is 471 g/mol. The maximum absolute atomic E-state index is 13.4. The van der Waals surface area contributed by atoms with Crippen LogP contribution in [-0.2, 0) is 24.1 Å². The summed E-state index contributed by atoms with van der Waals surface area (Å²) in [6.45, 7) is 5.86. The van der Waals surface area contributed by atoms with Crippen LogP contribution in [0.2, 0.25) is 0 Å². The molecule has 0 N–H and O–H groups in total. The summed E-state index contributed by atoms with van der Waals surface area (Å²) in [4.78, 5) is 23.8. The lowest BCUT2D eigenvalue weighted by Crippen LogP contribution is -2.11. The van der Waals surface area contributed by atoms with Crippen LogP contribution in [0.25, 0.3) is 23.0 Å². The van der Waals surface area contributed by atoms with Crippen molar-refractivity contribution in [1.82, 2.24) is 14.5 Å². The van der Waals surface area contributed by atoms with E-state index in [-0.39, 0.29) is 18.0 Å². The molecule has 1 aliphatic carbocycles. The second-order valence-electron chi connectivity index (χ2n) is 8.85. The zero-order chi connectivity index (χ0) is 23.7. The molecule has 172 valence electrons. The second-order valence-corrected chi connectivity index (χ2v) is 10.1. The van der Waals surface area contributed by atoms with E-state index in [0.29, 0.717) is 18.2 Å². The smallest absolute Gasteiger partial charge is 0.140 e. The maximum atomic E-state index is 13.4. The Hall–Kier alpha value is -3.38. The average Bonchev–Trinajstić information content (AvgIpc) is 3.51. The molecule has 0 radical (unpaired) electrons. The topological polar surface area (TPSA) is 47.8 Å². The SMILES string of the molecule is C=Cc1ccc(-n2cc(-c3ccc(F)cc3)nc2CC(=O)CCC2Cc3nc(C)sc3C2)cc1. The molecule has 0 spiro atoms. The maximum Gasteiger partial charge on any atom is 0.140 e. The van der Waals surface area contributed by atoms with Gasteiger partial charge in [-0.2, -0.15) is 0 Å². The van der Waals surface area contributed by atoms with Gasteiger partial charge in [0.1, 0.15) is 17.4 Å². The standard InChI is InChI=1S/C28H26FN3OS/c1-3-19-4-11-23(12-5-19)32-17-26(21-7-9-22(29)10-8-21)31-28(32)16-24(33)13-6-20-14-25-27(15-20)34-18(2)30-25/h3-5,7-12,17,20H,1,6,13-16H2,2H3. The van der Waals surface area contributed by atoms with Crippen LogP contribution in [-0.4, -0.2) is 20.3 Å². The van der Waals surface area contributed by atoms with Crippen LogP contribution >= 0.6 is 11.3 Å². The van der Waals surface area contributed by atoms with Gasteiger partial charge >= 0.3 is 0 Å². The molecule has 4 aromatic rings. The van der Waals surface area contributed by atoms with Gasteiger partial charge in [-0.15, -0.1) is 11.3 Å². The van der Waals surface area contributed by atoms with E-state index < -0.39 is 0 Å². The van der Waals surface area contributed by atoms with Crippen LogP contribution in [0, 0.1) is 18.7 Å². The lowest BCUT2D eigenvalue weighted by atomic mass is 9.98. The van der Waals surface area contributed by atoms with Crippen molar-refractivity contribution in [3.8, 4) is 16.9 Å². The van der Waals surface area contributed by atoms with Gasteiger partial charge in [-0.1, -0.05) is 24.8 Å². The Labute approximate surface area is 202 Å². The average molecular weight is 472 g/mol. The zero-order valence-electron chi connectivity index (χ0n) is 19.1. The molecule has 6 heteroatoms. The van der Waals surface area contributed by atoms with Crippen LogP contribution in [0.4, 0.5) is 4.39 Å². The Morgan fingerprint density at radius 1 is 1.15 bits per heavy atom. The first-order valence-electron chi connectivity index (χ1n) is 11.5. The third-order valence-electron chi connectivity index (χ3n) is 6.35. The highest BCUT2D eigenvalue weighted by molar-refractivity contribution is 7.11. The molecule has 2 aromatic carbocycles. The number of imidazole rings is 1. The van der Waals surface area contributed by atoms with Crippen molar-refractivity contribution >= 4 is 23.2 Å². The highest BCUT2D eigenvalue weighted by Gasteiger charge is 2.25. The first-order valence-corrected chi connectivity index (χ1v) is 12.3. The third kappa shape index (κ3) is 4.77. The molecular formula is C28H26FN3OS. The Bertz CT molecular complexity index is 1310. The van der Waals surface area contributed by atoms with E-state index in [2.05, 4.69) is 18.5 Å².